The van der Waals surface area contributed by atoms with Gasteiger partial charge >= 0.3 is 0 Å². The van der Waals surface area contributed by atoms with Gasteiger partial charge in [-0.1, -0.05) is 133 Å². The zero-order valence-corrected chi connectivity index (χ0v) is 36.8. The van der Waals surface area contributed by atoms with Crippen LogP contribution in [-0.4, -0.2) is 6.71 Å². The summed E-state index contributed by atoms with van der Waals surface area (Å²) in [6, 6.07) is 84.4. The minimum Gasteiger partial charge on any atom is -0.458 e. The van der Waals surface area contributed by atoms with Gasteiger partial charge < -0.3 is 23.9 Å². The molecule has 0 spiro atoms. The van der Waals surface area contributed by atoms with Gasteiger partial charge in [0.15, 0.2) is 0 Å². The van der Waals surface area contributed by atoms with Gasteiger partial charge in [-0.3, -0.25) is 0 Å². The Morgan fingerprint density at radius 1 is 0.418 bits per heavy atom. The Morgan fingerprint density at radius 2 is 0.970 bits per heavy atom. The highest BCUT2D eigenvalue weighted by Crippen LogP contribution is 2.47. The predicted octanol–water partition coefficient (Wildman–Crippen LogP) is 14.9. The maximum absolute atomic E-state index is 7.40. The van der Waals surface area contributed by atoms with Gasteiger partial charge in [-0.05, 0) is 126 Å². The fourth-order valence-corrected chi connectivity index (χ4v) is 10.3. The lowest BCUT2D eigenvalue weighted by Gasteiger charge is -2.41. The van der Waals surface area contributed by atoms with Crippen LogP contribution in [-0.2, 0) is 0 Å². The second-order valence-corrected chi connectivity index (χ2v) is 17.4. The number of nitrogens with zero attached hydrogens (tertiary/aromatic N) is 3. The van der Waals surface area contributed by atoms with E-state index in [0.29, 0.717) is 0 Å². The number of hydrogen-bond acceptors (Lipinski definition) is 5. The molecule has 0 saturated heterocycles. The van der Waals surface area contributed by atoms with Gasteiger partial charge in [0.1, 0.15) is 22.7 Å². The van der Waals surface area contributed by atoms with Gasteiger partial charge in [0.2, 0.25) is 0 Å². The maximum atomic E-state index is 7.40. The topological polar surface area (TPSA) is 32.1 Å². The summed E-state index contributed by atoms with van der Waals surface area (Å²) in [7, 11) is 0. The average molecular weight is 860 g/mol. The lowest BCUT2D eigenvalue weighted by Crippen LogP contribution is -2.59. The van der Waals surface area contributed by atoms with E-state index in [1.165, 1.54) is 11.0 Å². The Labute approximate surface area is 390 Å². The standard InChI is InChI=1S/C61H42BN3O2/c1-41-26-28-46(29-27-41)64(48-30-33-52-51-24-14-15-25-57(51)66-58(52)39-48)49-32-36-54-59(40-49)67-61-50(42-16-6-2-7-17-42)34-37-55-60(61)62(54)53-35-31-47(38-56(53)65(55)45-22-12-5-13-23-45)63(43-18-8-3-9-19-43)44-20-10-4-11-21-44/h2-40H,1H3. The Hall–Kier alpha value is -8.74. The summed E-state index contributed by atoms with van der Waals surface area (Å²) in [5, 5.41) is 2.20. The van der Waals surface area contributed by atoms with Crippen molar-refractivity contribution in [2.75, 3.05) is 14.7 Å². The first kappa shape index (κ1) is 38.7. The van der Waals surface area contributed by atoms with Crippen molar-refractivity contribution in [3.05, 3.63) is 242 Å². The van der Waals surface area contributed by atoms with Gasteiger partial charge in [0.05, 0.1) is 0 Å². The van der Waals surface area contributed by atoms with Crippen molar-refractivity contribution in [3.63, 3.8) is 0 Å². The van der Waals surface area contributed by atoms with E-state index in [1.54, 1.807) is 0 Å². The highest BCUT2D eigenvalue weighted by Gasteiger charge is 2.43. The number of ether oxygens (including phenoxy) is 1. The van der Waals surface area contributed by atoms with Crippen molar-refractivity contribution in [2.24, 2.45) is 0 Å². The smallest absolute Gasteiger partial charge is 0.256 e. The van der Waals surface area contributed by atoms with Gasteiger partial charge in [-0.25, -0.2) is 0 Å². The van der Waals surface area contributed by atoms with E-state index >= 15 is 0 Å². The molecule has 0 aliphatic carbocycles. The molecule has 2 aliphatic rings. The SMILES string of the molecule is Cc1ccc(N(c2ccc3c(c2)Oc2c(-c4ccccc4)ccc4c2B3c2ccc(N(c3ccccc3)c3ccccc3)cc2N4c2ccccc2)c2ccc3c(c2)oc2ccccc23)cc1. The first-order valence-corrected chi connectivity index (χ1v) is 22.9. The Kier molecular flexibility index (Phi) is 9.10. The van der Waals surface area contributed by atoms with E-state index in [9.17, 15) is 0 Å². The molecule has 0 amide bonds. The summed E-state index contributed by atoms with van der Waals surface area (Å²) in [4.78, 5) is 7.07. The van der Waals surface area contributed by atoms with E-state index in [0.717, 1.165) is 107 Å². The van der Waals surface area contributed by atoms with Crippen molar-refractivity contribution in [2.45, 2.75) is 6.92 Å². The maximum Gasteiger partial charge on any atom is 0.256 e. The van der Waals surface area contributed by atoms with Crippen LogP contribution in [0.2, 0.25) is 0 Å². The number of rotatable bonds is 8. The van der Waals surface area contributed by atoms with Crippen LogP contribution in [0.3, 0.4) is 0 Å². The summed E-state index contributed by atoms with van der Waals surface area (Å²) in [5.74, 6) is 1.69. The number of furan rings is 1. The Balaban J connectivity index is 1.03. The molecule has 11 aromatic rings. The largest absolute Gasteiger partial charge is 0.458 e. The lowest BCUT2D eigenvalue weighted by atomic mass is 9.34. The molecule has 6 heteroatoms. The van der Waals surface area contributed by atoms with Crippen molar-refractivity contribution >= 4 is 96.2 Å². The highest BCUT2D eigenvalue weighted by molar-refractivity contribution is 6.99. The second-order valence-electron chi connectivity index (χ2n) is 17.4. The summed E-state index contributed by atoms with van der Waals surface area (Å²) < 4.78 is 13.9. The molecule has 0 atom stereocenters. The minimum absolute atomic E-state index is 0.128. The molecule has 0 N–H and O–H groups in total. The highest BCUT2D eigenvalue weighted by atomic mass is 16.5. The third-order valence-electron chi connectivity index (χ3n) is 13.3. The third kappa shape index (κ3) is 6.48. The summed E-state index contributed by atoms with van der Waals surface area (Å²) in [5.41, 5.74) is 18.1. The molecule has 2 aliphatic heterocycles. The number of para-hydroxylation sites is 4. The third-order valence-corrected chi connectivity index (χ3v) is 13.3. The quantitative estimate of drug-likeness (QED) is 0.142. The first-order chi connectivity index (χ1) is 33.1. The van der Waals surface area contributed by atoms with Crippen molar-refractivity contribution in [1.82, 2.24) is 0 Å². The molecule has 0 unspecified atom stereocenters. The molecule has 3 heterocycles. The number of fused-ring (bicyclic) bond motifs is 7. The van der Waals surface area contributed by atoms with Crippen LogP contribution in [0.4, 0.5) is 51.2 Å². The second kappa shape index (κ2) is 15.8. The summed E-state index contributed by atoms with van der Waals surface area (Å²) in [6.07, 6.45) is 0. The summed E-state index contributed by atoms with van der Waals surface area (Å²) in [6.45, 7) is 2.00. The van der Waals surface area contributed by atoms with Crippen LogP contribution in [0.15, 0.2) is 241 Å². The number of benzene rings is 10. The number of aryl methyl sites for hydroxylation is 1. The van der Waals surface area contributed by atoms with E-state index in [2.05, 4.69) is 246 Å². The molecular weight excluding hydrogens is 818 g/mol. The van der Waals surface area contributed by atoms with Gasteiger partial charge in [0.25, 0.3) is 6.71 Å². The predicted molar refractivity (Wildman–Crippen MR) is 279 cm³/mol. The van der Waals surface area contributed by atoms with E-state index in [-0.39, 0.29) is 6.71 Å². The van der Waals surface area contributed by atoms with Crippen molar-refractivity contribution < 1.29 is 9.15 Å². The molecular formula is C61H42BN3O2. The monoisotopic (exact) mass is 859 g/mol. The minimum atomic E-state index is -0.128. The van der Waals surface area contributed by atoms with Gasteiger partial charge in [0, 0.05) is 79.7 Å². The van der Waals surface area contributed by atoms with Crippen LogP contribution < -0.4 is 35.8 Å². The molecule has 0 saturated carbocycles. The summed E-state index contributed by atoms with van der Waals surface area (Å²) >= 11 is 0. The molecule has 316 valence electrons. The molecule has 1 aromatic heterocycles. The Bertz CT molecular complexity index is 3600. The normalized spacial score (nSPS) is 12.3. The van der Waals surface area contributed by atoms with Crippen molar-refractivity contribution in [1.29, 1.82) is 0 Å². The first-order valence-electron chi connectivity index (χ1n) is 22.9. The number of hydrogen-bond donors (Lipinski definition) is 0. The fraction of sp³-hybridized carbons (Fsp3) is 0.0164. The van der Waals surface area contributed by atoms with E-state index < -0.39 is 0 Å². The molecule has 13 rings (SSSR count). The molecule has 5 nitrogen and oxygen atoms in total. The average Bonchev–Trinajstić information content (AvgIpc) is 3.76. The van der Waals surface area contributed by atoms with E-state index in [4.69, 9.17) is 9.15 Å². The van der Waals surface area contributed by atoms with Crippen LogP contribution in [0.1, 0.15) is 5.56 Å². The zero-order chi connectivity index (χ0) is 44.4. The fourth-order valence-electron chi connectivity index (χ4n) is 10.3. The number of anilines is 9. The van der Waals surface area contributed by atoms with Gasteiger partial charge in [-0.2, -0.15) is 0 Å². The van der Waals surface area contributed by atoms with Gasteiger partial charge in [-0.15, -0.1) is 0 Å². The molecule has 10 aromatic carbocycles. The molecule has 67 heavy (non-hydrogen) atoms. The van der Waals surface area contributed by atoms with Crippen LogP contribution in [0.25, 0.3) is 33.1 Å². The van der Waals surface area contributed by atoms with Crippen LogP contribution >= 0.6 is 0 Å². The zero-order valence-electron chi connectivity index (χ0n) is 36.8. The Morgan fingerprint density at radius 3 is 1.70 bits per heavy atom. The lowest BCUT2D eigenvalue weighted by molar-refractivity contribution is 0.489. The molecule has 0 radical (unpaired) electrons. The van der Waals surface area contributed by atoms with Crippen LogP contribution in [0, 0.1) is 6.92 Å². The van der Waals surface area contributed by atoms with E-state index in [1.807, 2.05) is 12.1 Å². The molecule has 0 bridgehead atoms. The van der Waals surface area contributed by atoms with Crippen LogP contribution in [0.5, 0.6) is 11.5 Å². The van der Waals surface area contributed by atoms with Crippen molar-refractivity contribution in [3.8, 4) is 22.6 Å². The molecule has 0 fully saturated rings.